The number of ether oxygens (including phenoxy) is 2. The van der Waals surface area contributed by atoms with Crippen LogP contribution in [0.25, 0.3) is 0 Å². The smallest absolute Gasteiger partial charge is 0.226 e. The van der Waals surface area contributed by atoms with Crippen LogP contribution in [0.2, 0.25) is 0 Å². The van der Waals surface area contributed by atoms with Crippen molar-refractivity contribution in [2.24, 2.45) is 5.92 Å². The molecule has 1 saturated carbocycles. The molecule has 0 saturated heterocycles. The van der Waals surface area contributed by atoms with Gasteiger partial charge in [-0.15, -0.1) is 0 Å². The minimum Gasteiger partial charge on any atom is -0.491 e. The maximum atomic E-state index is 12.4. The summed E-state index contributed by atoms with van der Waals surface area (Å²) < 4.78 is 10.8. The first-order valence-electron chi connectivity index (χ1n) is 9.46. The number of hydrogen-bond donors (Lipinski definition) is 1. The van der Waals surface area contributed by atoms with Gasteiger partial charge < -0.3 is 19.7 Å². The van der Waals surface area contributed by atoms with Crippen LogP contribution in [0.3, 0.4) is 0 Å². The Morgan fingerprint density at radius 2 is 2.19 bits per heavy atom. The lowest BCUT2D eigenvalue weighted by Gasteiger charge is -2.19. The van der Waals surface area contributed by atoms with Crippen molar-refractivity contribution >= 4 is 11.8 Å². The van der Waals surface area contributed by atoms with Gasteiger partial charge in [0.05, 0.1) is 6.54 Å². The number of methoxy groups -OCH3 is 1. The second kappa shape index (κ2) is 9.03. The summed E-state index contributed by atoms with van der Waals surface area (Å²) in [6.45, 7) is 3.07. The fraction of sp³-hybridized carbons (Fsp3) is 0.600. The summed E-state index contributed by atoms with van der Waals surface area (Å²) in [5.74, 6) is 1.38. The summed E-state index contributed by atoms with van der Waals surface area (Å²) in [4.78, 5) is 26.2. The SMILES string of the molecule is COCCCNC(=O)CCc1ccc2c(c1)CN(C(=O)C1CC1)CCO2. The lowest BCUT2D eigenvalue weighted by atomic mass is 10.0. The molecule has 26 heavy (non-hydrogen) atoms. The molecule has 0 bridgehead atoms. The van der Waals surface area contributed by atoms with Crippen LogP contribution in [0.15, 0.2) is 18.2 Å². The van der Waals surface area contributed by atoms with E-state index in [2.05, 4.69) is 11.4 Å². The average Bonchev–Trinajstić information content (AvgIpc) is 3.49. The van der Waals surface area contributed by atoms with Crippen LogP contribution in [0.4, 0.5) is 0 Å². The van der Waals surface area contributed by atoms with Crippen molar-refractivity contribution in [1.82, 2.24) is 10.2 Å². The second-order valence-electron chi connectivity index (χ2n) is 7.02. The third-order valence-electron chi connectivity index (χ3n) is 4.83. The standard InChI is InChI=1S/C20H28N2O4/c1-25-11-2-9-21-19(23)8-4-15-3-7-18-17(13-15)14-22(10-12-26-18)20(24)16-5-6-16/h3,7,13,16H,2,4-6,8-12,14H2,1H3,(H,21,23). The molecule has 0 aromatic heterocycles. The molecule has 1 aromatic carbocycles. The zero-order chi connectivity index (χ0) is 18.4. The zero-order valence-electron chi connectivity index (χ0n) is 15.5. The maximum Gasteiger partial charge on any atom is 0.226 e. The maximum absolute atomic E-state index is 12.4. The van der Waals surface area contributed by atoms with Crippen LogP contribution >= 0.6 is 0 Å². The monoisotopic (exact) mass is 360 g/mol. The highest BCUT2D eigenvalue weighted by Crippen LogP contribution is 2.33. The minimum absolute atomic E-state index is 0.0535. The molecular formula is C20H28N2O4. The van der Waals surface area contributed by atoms with Crippen LogP contribution in [0.1, 0.15) is 36.8 Å². The number of rotatable bonds is 8. The van der Waals surface area contributed by atoms with E-state index in [1.165, 1.54) is 0 Å². The molecule has 1 aromatic rings. The number of carbonyl (C=O) groups excluding carboxylic acids is 2. The van der Waals surface area contributed by atoms with Gasteiger partial charge >= 0.3 is 0 Å². The highest BCUT2D eigenvalue weighted by atomic mass is 16.5. The highest BCUT2D eigenvalue weighted by Gasteiger charge is 2.34. The second-order valence-corrected chi connectivity index (χ2v) is 7.02. The number of fused-ring (bicyclic) bond motifs is 1. The molecule has 3 rings (SSSR count). The number of benzene rings is 1. The Balaban J connectivity index is 1.54. The molecule has 6 nitrogen and oxygen atoms in total. The van der Waals surface area contributed by atoms with E-state index in [4.69, 9.17) is 9.47 Å². The molecule has 6 heteroatoms. The molecule has 1 heterocycles. The molecule has 1 aliphatic heterocycles. The summed E-state index contributed by atoms with van der Waals surface area (Å²) >= 11 is 0. The molecular weight excluding hydrogens is 332 g/mol. The largest absolute Gasteiger partial charge is 0.491 e. The van der Waals surface area contributed by atoms with Gasteiger partial charge in [0.2, 0.25) is 11.8 Å². The fourth-order valence-electron chi connectivity index (χ4n) is 3.17. The summed E-state index contributed by atoms with van der Waals surface area (Å²) in [6, 6.07) is 6.05. The van der Waals surface area contributed by atoms with Crippen molar-refractivity contribution in [3.8, 4) is 5.75 Å². The normalized spacial score (nSPS) is 16.4. The molecule has 1 aliphatic carbocycles. The molecule has 1 fully saturated rings. The van der Waals surface area contributed by atoms with E-state index in [9.17, 15) is 9.59 Å². The summed E-state index contributed by atoms with van der Waals surface area (Å²) in [7, 11) is 1.66. The third kappa shape index (κ3) is 5.21. The van der Waals surface area contributed by atoms with Gasteiger partial charge in [0.1, 0.15) is 12.4 Å². The minimum atomic E-state index is 0.0535. The first-order valence-corrected chi connectivity index (χ1v) is 9.46. The molecule has 0 spiro atoms. The molecule has 1 N–H and O–H groups in total. The summed E-state index contributed by atoms with van der Waals surface area (Å²) in [5.41, 5.74) is 2.13. The van der Waals surface area contributed by atoms with Gasteiger partial charge in [-0.2, -0.15) is 0 Å². The van der Waals surface area contributed by atoms with Gasteiger partial charge in [-0.25, -0.2) is 0 Å². The molecule has 0 radical (unpaired) electrons. The number of amides is 2. The van der Waals surface area contributed by atoms with Crippen LogP contribution < -0.4 is 10.1 Å². The van der Waals surface area contributed by atoms with Gasteiger partial charge in [-0.1, -0.05) is 12.1 Å². The topological polar surface area (TPSA) is 67.9 Å². The lowest BCUT2D eigenvalue weighted by molar-refractivity contribution is -0.133. The Kier molecular flexibility index (Phi) is 6.50. The Morgan fingerprint density at radius 1 is 1.35 bits per heavy atom. The predicted molar refractivity (Wildman–Crippen MR) is 97.9 cm³/mol. The van der Waals surface area contributed by atoms with Crippen molar-refractivity contribution in [3.05, 3.63) is 29.3 Å². The molecule has 0 atom stereocenters. The van der Waals surface area contributed by atoms with Gasteiger partial charge in [-0.05, 0) is 37.3 Å². The molecule has 2 amide bonds. The van der Waals surface area contributed by atoms with Crippen molar-refractivity contribution in [2.45, 2.75) is 38.6 Å². The van der Waals surface area contributed by atoms with Gasteiger partial charge in [-0.3, -0.25) is 9.59 Å². The fourth-order valence-corrected chi connectivity index (χ4v) is 3.17. The number of nitrogens with zero attached hydrogens (tertiary/aromatic N) is 1. The van der Waals surface area contributed by atoms with Crippen LogP contribution in [-0.4, -0.2) is 50.1 Å². The molecule has 2 aliphatic rings. The third-order valence-corrected chi connectivity index (χ3v) is 4.83. The highest BCUT2D eigenvalue weighted by molar-refractivity contribution is 5.81. The number of nitrogens with one attached hydrogen (secondary N) is 1. The van der Waals surface area contributed by atoms with E-state index < -0.39 is 0 Å². The van der Waals surface area contributed by atoms with Crippen molar-refractivity contribution in [3.63, 3.8) is 0 Å². The van der Waals surface area contributed by atoms with Crippen molar-refractivity contribution in [1.29, 1.82) is 0 Å². The van der Waals surface area contributed by atoms with Crippen LogP contribution in [-0.2, 0) is 27.3 Å². The van der Waals surface area contributed by atoms with Gasteiger partial charge in [0.25, 0.3) is 0 Å². The number of carbonyl (C=O) groups is 2. The van der Waals surface area contributed by atoms with Crippen molar-refractivity contribution < 1.29 is 19.1 Å². The predicted octanol–water partition coefficient (Wildman–Crippen LogP) is 1.90. The first-order chi connectivity index (χ1) is 12.7. The molecule has 0 unspecified atom stereocenters. The Labute approximate surface area is 154 Å². The van der Waals surface area contributed by atoms with E-state index >= 15 is 0 Å². The number of hydrogen-bond acceptors (Lipinski definition) is 4. The Bertz CT molecular complexity index is 643. The first kappa shape index (κ1) is 18.7. The quantitative estimate of drug-likeness (QED) is 0.719. The van der Waals surface area contributed by atoms with Crippen LogP contribution in [0, 0.1) is 5.92 Å². The zero-order valence-corrected chi connectivity index (χ0v) is 15.5. The van der Waals surface area contributed by atoms with E-state index in [0.717, 1.165) is 36.1 Å². The van der Waals surface area contributed by atoms with Gasteiger partial charge in [0.15, 0.2) is 0 Å². The van der Waals surface area contributed by atoms with E-state index in [0.29, 0.717) is 45.7 Å². The average molecular weight is 360 g/mol. The van der Waals surface area contributed by atoms with Crippen molar-refractivity contribution in [2.75, 3.05) is 33.4 Å². The lowest BCUT2D eigenvalue weighted by Crippen LogP contribution is -2.33. The van der Waals surface area contributed by atoms with E-state index in [1.807, 2.05) is 17.0 Å². The Morgan fingerprint density at radius 3 is 2.96 bits per heavy atom. The van der Waals surface area contributed by atoms with Crippen LogP contribution in [0.5, 0.6) is 5.75 Å². The van der Waals surface area contributed by atoms with E-state index in [-0.39, 0.29) is 17.7 Å². The van der Waals surface area contributed by atoms with E-state index in [1.54, 1.807) is 7.11 Å². The molecule has 142 valence electrons. The summed E-state index contributed by atoms with van der Waals surface area (Å²) in [6.07, 6.45) is 3.99. The Hall–Kier alpha value is -2.08. The summed E-state index contributed by atoms with van der Waals surface area (Å²) in [5, 5.41) is 2.90. The number of aryl methyl sites for hydroxylation is 1. The van der Waals surface area contributed by atoms with Gasteiger partial charge in [0, 0.05) is 44.7 Å².